The molecule has 46 heavy (non-hydrogen) atoms. The molecule has 0 bridgehead atoms. The van der Waals surface area contributed by atoms with Gasteiger partial charge in [-0.1, -0.05) is 5.16 Å². The second-order valence-corrected chi connectivity index (χ2v) is 12.9. The number of aliphatic carboxylic acids is 1. The Kier molecular flexibility index (Phi) is 8.82. The third-order valence-corrected chi connectivity index (χ3v) is 10.1. The molecule has 4 aliphatic rings. The van der Waals surface area contributed by atoms with Crippen LogP contribution < -0.4 is 21.1 Å². The number of rotatable bonds is 10. The number of hydrogen-bond acceptors (Lipinski definition) is 12. The van der Waals surface area contributed by atoms with Crippen LogP contribution in [0.25, 0.3) is 0 Å². The lowest BCUT2D eigenvalue weighted by Crippen LogP contribution is -2.71. The molecule has 2 aromatic rings. The Labute approximate surface area is 271 Å². The third-order valence-electron chi connectivity index (χ3n) is 8.15. The Morgan fingerprint density at radius 1 is 1.17 bits per heavy atom. The van der Waals surface area contributed by atoms with Gasteiger partial charge in [-0.25, -0.2) is 9.78 Å². The zero-order valence-electron chi connectivity index (χ0n) is 24.6. The number of nitrogen functional groups attached to an aromatic ring is 1. The van der Waals surface area contributed by atoms with Crippen molar-refractivity contribution < 1.29 is 38.7 Å². The van der Waals surface area contributed by atoms with E-state index in [4.69, 9.17) is 15.3 Å². The van der Waals surface area contributed by atoms with E-state index in [2.05, 4.69) is 20.8 Å². The van der Waals surface area contributed by atoms with E-state index in [-0.39, 0.29) is 63.6 Å². The van der Waals surface area contributed by atoms with E-state index in [0.717, 1.165) is 41.9 Å². The van der Waals surface area contributed by atoms with Crippen molar-refractivity contribution in [2.45, 2.75) is 49.6 Å². The van der Waals surface area contributed by atoms with Gasteiger partial charge in [0.2, 0.25) is 5.91 Å². The number of aromatic nitrogens is 1. The highest BCUT2D eigenvalue weighted by atomic mass is 32.2. The fraction of sp³-hybridized carbons (Fsp3) is 0.367. The number of carbonyl (C=O) groups excluding carboxylic acids is 4. The molecule has 4 heterocycles. The van der Waals surface area contributed by atoms with Crippen LogP contribution in [0.2, 0.25) is 0 Å². The van der Waals surface area contributed by atoms with Crippen LogP contribution in [0.1, 0.15) is 48.2 Å². The molecule has 1 aromatic carbocycles. The largest absolute Gasteiger partial charge is 0.497 e. The smallest absolute Gasteiger partial charge is 0.352 e. The first-order chi connectivity index (χ1) is 22.2. The van der Waals surface area contributed by atoms with Gasteiger partial charge < -0.3 is 31.0 Å². The number of β-lactam (4-membered cyclic amide) rings is 1. The number of benzene rings is 1. The summed E-state index contributed by atoms with van der Waals surface area (Å²) >= 11 is 2.29. The number of carboxylic acid groups (broad SMARTS) is 1. The number of oxime groups is 1. The van der Waals surface area contributed by atoms with Crippen LogP contribution in [0, 0.1) is 0 Å². The van der Waals surface area contributed by atoms with Gasteiger partial charge in [-0.2, -0.15) is 0 Å². The average molecular weight is 667 g/mol. The third kappa shape index (κ3) is 5.85. The predicted molar refractivity (Wildman–Crippen MR) is 168 cm³/mol. The Hall–Kier alpha value is -4.70. The number of hydrogen-bond donors (Lipinski definition) is 4. The number of Topliss-reactive ketones (excluding diaryl/α,β-unsaturated/α-hetero) is 1. The molecule has 2 atom stereocenters. The van der Waals surface area contributed by atoms with Crippen molar-refractivity contribution in [1.29, 1.82) is 0 Å². The molecule has 240 valence electrons. The van der Waals surface area contributed by atoms with Gasteiger partial charge in [0.15, 0.2) is 16.6 Å². The van der Waals surface area contributed by atoms with E-state index in [1.165, 1.54) is 31.0 Å². The molecule has 3 fully saturated rings. The molecular formula is C30H30N6O8S2. The van der Waals surface area contributed by atoms with E-state index < -0.39 is 46.6 Å². The molecular weight excluding hydrogens is 636 g/mol. The Morgan fingerprint density at radius 3 is 2.52 bits per heavy atom. The SMILES string of the molecule is COc1ccc(C(=O)C(=C2CCNC2=O)C2=C(C(=O)O)N3C(=O)[C@@H](NC(=O)C(=NOC4CCCC4)c4csc(N)n4)[C@H]3SC2)cc1. The number of allylic oxidation sites excluding steroid dienone is 1. The number of methoxy groups -OCH3 is 1. The maximum absolute atomic E-state index is 13.9. The van der Waals surface area contributed by atoms with Gasteiger partial charge >= 0.3 is 5.97 Å². The van der Waals surface area contributed by atoms with Gasteiger partial charge in [0.1, 0.15) is 34.7 Å². The number of thiazole rings is 1. The molecule has 1 aromatic heterocycles. The second-order valence-electron chi connectivity index (χ2n) is 10.9. The number of carboxylic acids is 1. The highest BCUT2D eigenvalue weighted by molar-refractivity contribution is 8.00. The maximum atomic E-state index is 13.9. The summed E-state index contributed by atoms with van der Waals surface area (Å²) < 4.78 is 5.18. The average Bonchev–Trinajstić information content (AvgIpc) is 3.83. The number of ketones is 1. The number of thioether (sulfide) groups is 1. The molecule has 6 rings (SSSR count). The van der Waals surface area contributed by atoms with Gasteiger partial charge in [0, 0.05) is 40.0 Å². The fourth-order valence-corrected chi connectivity index (χ4v) is 7.75. The van der Waals surface area contributed by atoms with Crippen molar-refractivity contribution in [3.8, 4) is 5.75 Å². The van der Waals surface area contributed by atoms with Crippen LogP contribution in [-0.2, 0) is 24.0 Å². The molecule has 1 aliphatic carbocycles. The van der Waals surface area contributed by atoms with Crippen molar-refractivity contribution in [2.75, 3.05) is 25.1 Å². The van der Waals surface area contributed by atoms with Gasteiger partial charge in [-0.05, 0) is 56.4 Å². The van der Waals surface area contributed by atoms with Crippen LogP contribution in [-0.4, -0.2) is 87.1 Å². The summed E-state index contributed by atoms with van der Waals surface area (Å²) in [6.45, 7) is 0.286. The lowest BCUT2D eigenvalue weighted by molar-refractivity contribution is -0.150. The molecule has 0 spiro atoms. The monoisotopic (exact) mass is 666 g/mol. The molecule has 0 unspecified atom stereocenters. The van der Waals surface area contributed by atoms with Crippen LogP contribution in [0.5, 0.6) is 5.75 Å². The Morgan fingerprint density at radius 2 is 1.91 bits per heavy atom. The minimum atomic E-state index is -1.44. The van der Waals surface area contributed by atoms with Crippen molar-refractivity contribution in [1.82, 2.24) is 20.5 Å². The lowest BCUT2D eigenvalue weighted by atomic mass is 9.89. The van der Waals surface area contributed by atoms with Gasteiger partial charge in [-0.15, -0.1) is 23.1 Å². The molecule has 2 saturated heterocycles. The summed E-state index contributed by atoms with van der Waals surface area (Å²) in [5.74, 6) is -3.38. The van der Waals surface area contributed by atoms with E-state index >= 15 is 0 Å². The molecule has 16 heteroatoms. The first kappa shape index (κ1) is 31.3. The first-order valence-corrected chi connectivity index (χ1v) is 16.5. The normalized spacial score (nSPS) is 22.6. The van der Waals surface area contributed by atoms with Crippen molar-refractivity contribution in [2.24, 2.45) is 5.16 Å². The molecule has 0 radical (unpaired) electrons. The molecule has 1 saturated carbocycles. The van der Waals surface area contributed by atoms with E-state index in [1.54, 1.807) is 17.5 Å². The van der Waals surface area contributed by atoms with Gasteiger partial charge in [0.25, 0.3) is 11.8 Å². The number of nitrogens with two attached hydrogens (primary N) is 1. The Balaban J connectivity index is 1.30. The number of carbonyl (C=O) groups is 5. The van der Waals surface area contributed by atoms with Gasteiger partial charge in [-0.3, -0.25) is 24.1 Å². The number of nitrogens with zero attached hydrogens (tertiary/aromatic N) is 3. The summed E-state index contributed by atoms with van der Waals surface area (Å²) in [6, 6.07) is 5.14. The summed E-state index contributed by atoms with van der Waals surface area (Å²) in [7, 11) is 1.49. The molecule has 3 amide bonds. The topological polar surface area (TPSA) is 203 Å². The van der Waals surface area contributed by atoms with Crippen LogP contribution in [0.3, 0.4) is 0 Å². The standard InChI is InChI=1S/C30H30N6O8S2/c1-43-15-8-6-14(7-9-15)24(37)20(17-10-11-32-25(17)38)18-12-45-28-22(27(40)36(28)23(18)29(41)42)34-26(39)21(19-13-46-30(31)33-19)35-44-16-4-2-3-5-16/h6-9,13,16,22,28H,2-5,10-12H2,1H3,(H2,31,33)(H,32,38)(H,34,39)(H,41,42)/t22-,28-/m1/s1. The van der Waals surface area contributed by atoms with E-state index in [0.29, 0.717) is 5.75 Å². The summed E-state index contributed by atoms with van der Waals surface area (Å²) in [5, 5.41) is 20.8. The predicted octanol–water partition coefficient (Wildman–Crippen LogP) is 1.84. The highest BCUT2D eigenvalue weighted by Gasteiger charge is 2.55. The summed E-state index contributed by atoms with van der Waals surface area (Å²) in [6.07, 6.45) is 3.67. The number of nitrogens with one attached hydrogen (secondary N) is 2. The fourth-order valence-electron chi connectivity index (χ4n) is 5.84. The summed E-state index contributed by atoms with van der Waals surface area (Å²) in [5.41, 5.74) is 5.80. The van der Waals surface area contributed by atoms with E-state index in [1.807, 2.05) is 0 Å². The van der Waals surface area contributed by atoms with Gasteiger partial charge in [0.05, 0.1) is 7.11 Å². The minimum absolute atomic E-state index is 0.00911. The zero-order valence-corrected chi connectivity index (χ0v) is 26.2. The van der Waals surface area contributed by atoms with E-state index in [9.17, 15) is 29.1 Å². The Bertz CT molecular complexity index is 1710. The maximum Gasteiger partial charge on any atom is 0.352 e. The van der Waals surface area contributed by atoms with Crippen LogP contribution >= 0.6 is 23.1 Å². The zero-order chi connectivity index (χ0) is 32.5. The number of anilines is 1. The number of ether oxygens (including phenoxy) is 1. The summed E-state index contributed by atoms with van der Waals surface area (Å²) in [4.78, 5) is 77.3. The minimum Gasteiger partial charge on any atom is -0.497 e. The molecule has 5 N–H and O–H groups in total. The van der Waals surface area contributed by atoms with Crippen molar-refractivity contribution >= 4 is 63.4 Å². The van der Waals surface area contributed by atoms with Crippen molar-refractivity contribution in [3.63, 3.8) is 0 Å². The first-order valence-electron chi connectivity index (χ1n) is 14.6. The second kappa shape index (κ2) is 13.0. The number of amides is 3. The highest BCUT2D eigenvalue weighted by Crippen LogP contribution is 2.44. The quantitative estimate of drug-likeness (QED) is 0.0947. The van der Waals surface area contributed by atoms with Crippen molar-refractivity contribution in [3.05, 3.63) is 63.3 Å². The molecule has 14 nitrogen and oxygen atoms in total. The lowest BCUT2D eigenvalue weighted by Gasteiger charge is -2.49. The van der Waals surface area contributed by atoms with Crippen LogP contribution in [0.15, 0.2) is 57.2 Å². The van der Waals surface area contributed by atoms with Crippen LogP contribution in [0.4, 0.5) is 5.13 Å². The number of fused-ring (bicyclic) bond motifs is 1. The molecule has 3 aliphatic heterocycles.